The number of halogens is 2. The van der Waals surface area contributed by atoms with Crippen molar-refractivity contribution >= 4 is 29.1 Å². The number of carbonyl (C=O) groups excluding carboxylic acids is 1. The average molecular weight is 373 g/mol. The predicted molar refractivity (Wildman–Crippen MR) is 99.1 cm³/mol. The molecule has 0 aliphatic carbocycles. The molecule has 24 heavy (non-hydrogen) atoms. The minimum Gasteiger partial charge on any atom is -0.479 e. The molecular weight excluding hydrogens is 347 g/mol. The Balaban J connectivity index is 1.78. The number of hydrogen-bond acceptors (Lipinski definition) is 3. The summed E-state index contributed by atoms with van der Waals surface area (Å²) in [4.78, 5) is 14.8. The third kappa shape index (κ3) is 5.83. The van der Waals surface area contributed by atoms with E-state index in [1.54, 1.807) is 25.1 Å². The Morgan fingerprint density at radius 1 is 1.38 bits per heavy atom. The van der Waals surface area contributed by atoms with Crippen LogP contribution < -0.4 is 10.1 Å². The van der Waals surface area contributed by atoms with Crippen LogP contribution in [0.4, 0.5) is 0 Å². The molecule has 4 nitrogen and oxygen atoms in total. The van der Waals surface area contributed by atoms with Crippen LogP contribution in [0.2, 0.25) is 10.0 Å². The summed E-state index contributed by atoms with van der Waals surface area (Å²) in [5.41, 5.74) is 0. The third-order valence-electron chi connectivity index (χ3n) is 4.33. The normalized spacial score (nSPS) is 17.5. The quantitative estimate of drug-likeness (QED) is 0.781. The predicted octanol–water partition coefficient (Wildman–Crippen LogP) is 4.14. The second kappa shape index (κ2) is 9.50. The summed E-state index contributed by atoms with van der Waals surface area (Å²) in [6, 6.07) is 5.21. The van der Waals surface area contributed by atoms with Crippen molar-refractivity contribution in [2.45, 2.75) is 51.7 Å². The molecule has 1 aromatic rings. The van der Waals surface area contributed by atoms with Crippen molar-refractivity contribution in [1.82, 2.24) is 10.2 Å². The molecule has 1 aliphatic heterocycles. The van der Waals surface area contributed by atoms with Gasteiger partial charge in [0.2, 0.25) is 0 Å². The molecule has 1 atom stereocenters. The molecule has 0 saturated carbocycles. The highest BCUT2D eigenvalue weighted by atomic mass is 35.5. The zero-order valence-electron chi connectivity index (χ0n) is 14.4. The molecule has 2 rings (SSSR count). The van der Waals surface area contributed by atoms with E-state index in [1.165, 1.54) is 12.8 Å². The molecule has 1 aliphatic rings. The number of ether oxygens (including phenoxy) is 1. The fourth-order valence-electron chi connectivity index (χ4n) is 2.82. The van der Waals surface area contributed by atoms with Gasteiger partial charge in [0, 0.05) is 24.2 Å². The number of carbonyl (C=O) groups is 1. The van der Waals surface area contributed by atoms with Gasteiger partial charge in [0.15, 0.2) is 6.10 Å². The summed E-state index contributed by atoms with van der Waals surface area (Å²) in [5, 5.41) is 4.04. The number of likely N-dealkylation sites (tertiary alicyclic amines) is 1. The van der Waals surface area contributed by atoms with E-state index < -0.39 is 6.10 Å². The Morgan fingerprint density at radius 3 is 2.71 bits per heavy atom. The van der Waals surface area contributed by atoms with Crippen LogP contribution in [0.15, 0.2) is 18.2 Å². The van der Waals surface area contributed by atoms with E-state index in [4.69, 9.17) is 27.9 Å². The number of amides is 1. The summed E-state index contributed by atoms with van der Waals surface area (Å²) in [7, 11) is 0. The van der Waals surface area contributed by atoms with Gasteiger partial charge in [-0.05, 0) is 50.9 Å². The molecule has 1 N–H and O–H groups in total. The minimum atomic E-state index is -0.596. The first-order chi connectivity index (χ1) is 11.5. The molecule has 134 valence electrons. The largest absolute Gasteiger partial charge is 0.479 e. The minimum absolute atomic E-state index is 0.104. The van der Waals surface area contributed by atoms with Gasteiger partial charge in [0.25, 0.3) is 5.91 Å². The van der Waals surface area contributed by atoms with Gasteiger partial charge >= 0.3 is 0 Å². The van der Waals surface area contributed by atoms with Crippen LogP contribution >= 0.6 is 23.2 Å². The van der Waals surface area contributed by atoms with Crippen LogP contribution in [-0.4, -0.2) is 42.6 Å². The summed E-state index contributed by atoms with van der Waals surface area (Å²) in [6.45, 7) is 7.19. The van der Waals surface area contributed by atoms with E-state index in [-0.39, 0.29) is 11.9 Å². The summed E-state index contributed by atoms with van der Waals surface area (Å²) in [6.07, 6.45) is 3.85. The van der Waals surface area contributed by atoms with Crippen molar-refractivity contribution in [2.24, 2.45) is 0 Å². The molecule has 0 bridgehead atoms. The Hall–Kier alpha value is -0.970. The standard InChI is InChI=1S/C18H26Cl2N2O2/c1-3-4-9-22-10-7-15(8-11-22)21-18(23)13(2)24-17-6-5-14(19)12-16(17)20/h5-6,12-13,15H,3-4,7-11H2,1-2H3,(H,21,23). The van der Waals surface area contributed by atoms with Crippen molar-refractivity contribution in [1.29, 1.82) is 0 Å². The molecule has 6 heteroatoms. The second-order valence-electron chi connectivity index (χ2n) is 6.31. The molecule has 1 aromatic carbocycles. The molecule has 1 fully saturated rings. The average Bonchev–Trinajstić information content (AvgIpc) is 2.56. The van der Waals surface area contributed by atoms with Gasteiger partial charge in [-0.1, -0.05) is 36.5 Å². The third-order valence-corrected chi connectivity index (χ3v) is 4.86. The van der Waals surface area contributed by atoms with E-state index in [1.807, 2.05) is 0 Å². The summed E-state index contributed by atoms with van der Waals surface area (Å²) in [5.74, 6) is 0.367. The second-order valence-corrected chi connectivity index (χ2v) is 7.16. The van der Waals surface area contributed by atoms with E-state index >= 15 is 0 Å². The molecule has 0 spiro atoms. The fourth-order valence-corrected chi connectivity index (χ4v) is 3.27. The number of nitrogens with zero attached hydrogens (tertiary/aromatic N) is 1. The zero-order chi connectivity index (χ0) is 17.5. The van der Waals surface area contributed by atoms with Gasteiger partial charge in [0.1, 0.15) is 5.75 Å². The first-order valence-corrected chi connectivity index (χ1v) is 9.39. The lowest BCUT2D eigenvalue weighted by atomic mass is 10.0. The van der Waals surface area contributed by atoms with E-state index in [9.17, 15) is 4.79 Å². The number of benzene rings is 1. The van der Waals surface area contributed by atoms with Crippen LogP contribution in [-0.2, 0) is 4.79 Å². The number of hydrogen-bond donors (Lipinski definition) is 1. The van der Waals surface area contributed by atoms with E-state index in [2.05, 4.69) is 17.1 Å². The number of nitrogens with one attached hydrogen (secondary N) is 1. The van der Waals surface area contributed by atoms with Crippen molar-refractivity contribution < 1.29 is 9.53 Å². The zero-order valence-corrected chi connectivity index (χ0v) is 15.9. The van der Waals surface area contributed by atoms with Gasteiger partial charge in [-0.25, -0.2) is 0 Å². The molecule has 1 saturated heterocycles. The number of unbranched alkanes of at least 4 members (excludes halogenated alkanes) is 1. The molecular formula is C18H26Cl2N2O2. The van der Waals surface area contributed by atoms with Crippen LogP contribution in [0, 0.1) is 0 Å². The Bertz CT molecular complexity index is 546. The smallest absolute Gasteiger partial charge is 0.260 e. The van der Waals surface area contributed by atoms with Crippen LogP contribution in [0.25, 0.3) is 0 Å². The summed E-state index contributed by atoms with van der Waals surface area (Å²) < 4.78 is 5.66. The van der Waals surface area contributed by atoms with Gasteiger partial charge in [-0.3, -0.25) is 4.79 Å². The number of rotatable bonds is 7. The maximum Gasteiger partial charge on any atom is 0.260 e. The topological polar surface area (TPSA) is 41.6 Å². The van der Waals surface area contributed by atoms with Crippen molar-refractivity contribution in [3.8, 4) is 5.75 Å². The van der Waals surface area contributed by atoms with Crippen molar-refractivity contribution in [3.63, 3.8) is 0 Å². The highest BCUT2D eigenvalue weighted by Gasteiger charge is 2.23. The highest BCUT2D eigenvalue weighted by molar-refractivity contribution is 6.35. The van der Waals surface area contributed by atoms with E-state index in [0.29, 0.717) is 15.8 Å². The Morgan fingerprint density at radius 2 is 2.08 bits per heavy atom. The SMILES string of the molecule is CCCCN1CCC(NC(=O)C(C)Oc2ccc(Cl)cc2Cl)CC1. The first-order valence-electron chi connectivity index (χ1n) is 8.64. The molecule has 1 amide bonds. The van der Waals surface area contributed by atoms with Gasteiger partial charge in [-0.2, -0.15) is 0 Å². The fraction of sp³-hybridized carbons (Fsp3) is 0.611. The maximum atomic E-state index is 12.3. The monoisotopic (exact) mass is 372 g/mol. The number of piperidine rings is 1. The van der Waals surface area contributed by atoms with Gasteiger partial charge in [-0.15, -0.1) is 0 Å². The van der Waals surface area contributed by atoms with Crippen LogP contribution in [0.1, 0.15) is 39.5 Å². The van der Waals surface area contributed by atoms with Crippen LogP contribution in [0.3, 0.4) is 0 Å². The molecule has 1 heterocycles. The lowest BCUT2D eigenvalue weighted by Gasteiger charge is -2.32. The van der Waals surface area contributed by atoms with Gasteiger partial charge < -0.3 is 15.0 Å². The van der Waals surface area contributed by atoms with Crippen molar-refractivity contribution in [2.75, 3.05) is 19.6 Å². The first kappa shape index (κ1) is 19.4. The molecule has 1 unspecified atom stereocenters. The highest BCUT2D eigenvalue weighted by Crippen LogP contribution is 2.28. The van der Waals surface area contributed by atoms with Gasteiger partial charge in [0.05, 0.1) is 5.02 Å². The lowest BCUT2D eigenvalue weighted by Crippen LogP contribution is -2.48. The van der Waals surface area contributed by atoms with Crippen LogP contribution in [0.5, 0.6) is 5.75 Å². The van der Waals surface area contributed by atoms with Crippen molar-refractivity contribution in [3.05, 3.63) is 28.2 Å². The molecule has 0 radical (unpaired) electrons. The Labute approximate surface area is 154 Å². The van der Waals surface area contributed by atoms with E-state index in [0.717, 1.165) is 32.5 Å². The Kier molecular flexibility index (Phi) is 7.66. The molecule has 0 aromatic heterocycles. The summed E-state index contributed by atoms with van der Waals surface area (Å²) >= 11 is 11.9. The lowest BCUT2D eigenvalue weighted by molar-refractivity contribution is -0.128. The maximum absolute atomic E-state index is 12.3.